The Hall–Kier alpha value is -1.84. The lowest BCUT2D eigenvalue weighted by Crippen LogP contribution is -2.33. The van der Waals surface area contributed by atoms with Crippen LogP contribution in [0.4, 0.5) is 0 Å². The number of hydrogen-bond acceptors (Lipinski definition) is 2. The van der Waals surface area contributed by atoms with Gasteiger partial charge < -0.3 is 10.2 Å². The van der Waals surface area contributed by atoms with Gasteiger partial charge in [0.25, 0.3) is 0 Å². The van der Waals surface area contributed by atoms with Crippen LogP contribution in [0.25, 0.3) is 0 Å². The topological polar surface area (TPSA) is 49.4 Å². The van der Waals surface area contributed by atoms with E-state index in [2.05, 4.69) is 18.3 Å². The third kappa shape index (κ3) is 7.25. The number of hydrogen-bond donors (Lipinski definition) is 1. The maximum atomic E-state index is 11.8. The van der Waals surface area contributed by atoms with Crippen LogP contribution in [0.1, 0.15) is 50.7 Å². The highest BCUT2D eigenvalue weighted by Crippen LogP contribution is 2.08. The van der Waals surface area contributed by atoms with Crippen molar-refractivity contribution in [1.82, 2.24) is 10.2 Å². The number of aryl methyl sites for hydroxylation is 1. The highest BCUT2D eigenvalue weighted by atomic mass is 16.2. The molecule has 0 aliphatic heterocycles. The average Bonchev–Trinajstić information content (AvgIpc) is 2.47. The molecule has 1 rings (SSSR count). The Morgan fingerprint density at radius 3 is 2.64 bits per heavy atom. The molecule has 22 heavy (non-hydrogen) atoms. The van der Waals surface area contributed by atoms with E-state index in [1.807, 2.05) is 25.1 Å². The second-order valence-electron chi connectivity index (χ2n) is 5.74. The number of carbonyl (C=O) groups is 2. The van der Waals surface area contributed by atoms with Crippen molar-refractivity contribution in [2.24, 2.45) is 0 Å². The summed E-state index contributed by atoms with van der Waals surface area (Å²) in [5.74, 6) is 0.0203. The lowest BCUT2D eigenvalue weighted by molar-refractivity contribution is -0.130. The average molecular weight is 304 g/mol. The molecule has 0 radical (unpaired) electrons. The fourth-order valence-electron chi connectivity index (χ4n) is 2.31. The summed E-state index contributed by atoms with van der Waals surface area (Å²) < 4.78 is 0. The van der Waals surface area contributed by atoms with Gasteiger partial charge in [0.15, 0.2) is 0 Å². The second kappa shape index (κ2) is 9.98. The number of amides is 2. The van der Waals surface area contributed by atoms with Crippen LogP contribution in [0.5, 0.6) is 0 Å². The van der Waals surface area contributed by atoms with E-state index in [1.165, 1.54) is 5.56 Å². The smallest absolute Gasteiger partial charge is 0.221 e. The quantitative estimate of drug-likeness (QED) is 0.713. The minimum absolute atomic E-state index is 0.000268. The number of benzene rings is 1. The molecule has 0 heterocycles. The van der Waals surface area contributed by atoms with Crippen LogP contribution in [0.2, 0.25) is 0 Å². The van der Waals surface area contributed by atoms with E-state index in [4.69, 9.17) is 0 Å². The normalized spacial score (nSPS) is 10.3. The summed E-state index contributed by atoms with van der Waals surface area (Å²) in [6, 6.07) is 8.10. The van der Waals surface area contributed by atoms with Crippen molar-refractivity contribution >= 4 is 11.8 Å². The van der Waals surface area contributed by atoms with Gasteiger partial charge in [-0.05, 0) is 18.9 Å². The van der Waals surface area contributed by atoms with Crippen LogP contribution >= 0.6 is 0 Å². The summed E-state index contributed by atoms with van der Waals surface area (Å²) in [4.78, 5) is 25.3. The van der Waals surface area contributed by atoms with E-state index in [1.54, 1.807) is 11.8 Å². The maximum Gasteiger partial charge on any atom is 0.221 e. The zero-order valence-corrected chi connectivity index (χ0v) is 14.0. The molecule has 0 aliphatic rings. The molecule has 0 unspecified atom stereocenters. The molecule has 0 aliphatic carbocycles. The summed E-state index contributed by atoms with van der Waals surface area (Å²) in [5.41, 5.74) is 2.27. The molecule has 4 heteroatoms. The summed E-state index contributed by atoms with van der Waals surface area (Å²) in [6.07, 6.45) is 3.65. The Bertz CT molecular complexity index is 486. The van der Waals surface area contributed by atoms with Crippen LogP contribution in [0.15, 0.2) is 24.3 Å². The minimum Gasteiger partial charge on any atom is -0.356 e. The summed E-state index contributed by atoms with van der Waals surface area (Å²) in [7, 11) is 0. The molecular formula is C18H28N2O2. The van der Waals surface area contributed by atoms with Gasteiger partial charge in [-0.15, -0.1) is 0 Å². The largest absolute Gasteiger partial charge is 0.356 e. The van der Waals surface area contributed by atoms with Crippen molar-refractivity contribution in [1.29, 1.82) is 0 Å². The van der Waals surface area contributed by atoms with E-state index in [9.17, 15) is 9.59 Å². The Morgan fingerprint density at radius 2 is 2.00 bits per heavy atom. The molecule has 0 saturated carbocycles. The first-order chi connectivity index (χ1) is 10.5. The Morgan fingerprint density at radius 1 is 1.23 bits per heavy atom. The molecule has 122 valence electrons. The maximum absolute atomic E-state index is 11.8. The molecule has 0 atom stereocenters. The first-order valence-electron chi connectivity index (χ1n) is 8.10. The number of rotatable bonds is 9. The third-order valence-corrected chi connectivity index (χ3v) is 3.61. The first kappa shape index (κ1) is 18.2. The Labute approximate surface area is 133 Å². The van der Waals surface area contributed by atoms with Gasteiger partial charge in [0, 0.05) is 33.0 Å². The fourth-order valence-corrected chi connectivity index (χ4v) is 2.31. The van der Waals surface area contributed by atoms with Gasteiger partial charge in [-0.25, -0.2) is 0 Å². The fraction of sp³-hybridized carbons (Fsp3) is 0.556. The molecule has 4 nitrogen and oxygen atoms in total. The lowest BCUT2D eigenvalue weighted by atomic mass is 10.1. The first-order valence-corrected chi connectivity index (χ1v) is 8.10. The molecule has 1 aromatic carbocycles. The summed E-state index contributed by atoms with van der Waals surface area (Å²) in [6.45, 7) is 7.46. The molecule has 0 saturated heterocycles. The third-order valence-electron chi connectivity index (χ3n) is 3.61. The molecule has 1 N–H and O–H groups in total. The molecule has 0 bridgehead atoms. The number of carbonyl (C=O) groups excluding carboxylic acids is 2. The lowest BCUT2D eigenvalue weighted by Gasteiger charge is -2.21. The second-order valence-corrected chi connectivity index (χ2v) is 5.74. The van der Waals surface area contributed by atoms with Gasteiger partial charge in [0.05, 0.1) is 0 Å². The van der Waals surface area contributed by atoms with Gasteiger partial charge in [0.2, 0.25) is 11.8 Å². The summed E-state index contributed by atoms with van der Waals surface area (Å²) in [5, 5.41) is 2.91. The van der Waals surface area contributed by atoms with E-state index in [-0.39, 0.29) is 11.8 Å². The van der Waals surface area contributed by atoms with Crippen molar-refractivity contribution in [2.75, 3.05) is 13.1 Å². The molecular weight excluding hydrogens is 276 g/mol. The number of nitrogens with one attached hydrogen (secondary N) is 1. The van der Waals surface area contributed by atoms with Crippen molar-refractivity contribution in [2.45, 2.75) is 53.0 Å². The van der Waals surface area contributed by atoms with Gasteiger partial charge in [0.1, 0.15) is 0 Å². The SMILES string of the molecule is CCCCCNC(=O)CCN(Cc1cccc(C)c1)C(C)=O. The highest BCUT2D eigenvalue weighted by molar-refractivity contribution is 5.78. The van der Waals surface area contributed by atoms with Crippen molar-refractivity contribution in [3.63, 3.8) is 0 Å². The van der Waals surface area contributed by atoms with Crippen molar-refractivity contribution in [3.8, 4) is 0 Å². The summed E-state index contributed by atoms with van der Waals surface area (Å²) >= 11 is 0. The van der Waals surface area contributed by atoms with Gasteiger partial charge in [-0.1, -0.05) is 49.6 Å². The van der Waals surface area contributed by atoms with Gasteiger partial charge >= 0.3 is 0 Å². The number of nitrogens with zero attached hydrogens (tertiary/aromatic N) is 1. The van der Waals surface area contributed by atoms with Gasteiger partial charge in [-0.3, -0.25) is 9.59 Å². The van der Waals surface area contributed by atoms with Crippen LogP contribution in [-0.4, -0.2) is 29.8 Å². The van der Waals surface area contributed by atoms with E-state index in [0.29, 0.717) is 19.5 Å². The molecule has 0 spiro atoms. The predicted molar refractivity (Wildman–Crippen MR) is 89.4 cm³/mol. The number of unbranched alkanes of at least 4 members (excludes halogenated alkanes) is 2. The van der Waals surface area contributed by atoms with Crippen molar-refractivity contribution in [3.05, 3.63) is 35.4 Å². The Kier molecular flexibility index (Phi) is 8.26. The van der Waals surface area contributed by atoms with Gasteiger partial charge in [-0.2, -0.15) is 0 Å². The molecule has 0 aromatic heterocycles. The van der Waals surface area contributed by atoms with Crippen LogP contribution < -0.4 is 5.32 Å². The van der Waals surface area contributed by atoms with Crippen LogP contribution in [0, 0.1) is 6.92 Å². The van der Waals surface area contributed by atoms with Crippen LogP contribution in [-0.2, 0) is 16.1 Å². The van der Waals surface area contributed by atoms with Crippen molar-refractivity contribution < 1.29 is 9.59 Å². The molecule has 0 fully saturated rings. The zero-order chi connectivity index (χ0) is 16.4. The highest BCUT2D eigenvalue weighted by Gasteiger charge is 2.11. The van der Waals surface area contributed by atoms with E-state index < -0.39 is 0 Å². The van der Waals surface area contributed by atoms with Crippen LogP contribution in [0.3, 0.4) is 0 Å². The standard InChI is InChI=1S/C18H28N2O2/c1-4-5-6-11-19-18(22)10-12-20(16(3)21)14-17-9-7-8-15(2)13-17/h7-9,13H,4-6,10-12,14H2,1-3H3,(H,19,22). The molecule has 1 aromatic rings. The predicted octanol–water partition coefficient (Wildman–Crippen LogP) is 3.04. The molecule has 2 amide bonds. The van der Waals surface area contributed by atoms with E-state index >= 15 is 0 Å². The minimum atomic E-state index is 0.000268. The zero-order valence-electron chi connectivity index (χ0n) is 14.0. The van der Waals surface area contributed by atoms with E-state index in [0.717, 1.165) is 31.4 Å². The monoisotopic (exact) mass is 304 g/mol. The Balaban J connectivity index is 2.41.